The van der Waals surface area contributed by atoms with Gasteiger partial charge in [0.25, 0.3) is 0 Å². The number of aliphatic hydroxyl groups is 7. The quantitative estimate of drug-likeness (QED) is 0.0195. The third-order valence-corrected chi connectivity index (χ3v) is 10.8. The predicted octanol–water partition coefficient (Wildman–Crippen LogP) is 6.84. The van der Waals surface area contributed by atoms with Gasteiger partial charge in [-0.25, -0.2) is 0 Å². The van der Waals surface area contributed by atoms with E-state index in [0.29, 0.717) is 13.0 Å². The number of ether oxygens (including phenoxy) is 6. The third-order valence-electron chi connectivity index (χ3n) is 10.8. The van der Waals surface area contributed by atoms with Crippen LogP contribution in [0.5, 0.6) is 0 Å². The number of esters is 1. The van der Waals surface area contributed by atoms with Gasteiger partial charge in [-0.05, 0) is 89.9 Å². The van der Waals surface area contributed by atoms with E-state index in [1.54, 1.807) is 0 Å². The summed E-state index contributed by atoms with van der Waals surface area (Å²) in [6, 6.07) is 0. The fraction of sp³-hybridized carbons (Fsp3) is 0.642. The molecule has 2 aliphatic rings. The van der Waals surface area contributed by atoms with Gasteiger partial charge in [0.05, 0.1) is 26.4 Å². The van der Waals surface area contributed by atoms with Crippen LogP contribution in [0.1, 0.15) is 117 Å². The van der Waals surface area contributed by atoms with Crippen LogP contribution in [-0.4, -0.2) is 142 Å². The zero-order chi connectivity index (χ0) is 48.7. The van der Waals surface area contributed by atoms with E-state index in [-0.39, 0.29) is 19.6 Å². The molecule has 11 unspecified atom stereocenters. The molecule has 0 aromatic carbocycles. The second-order valence-electron chi connectivity index (χ2n) is 16.5. The molecule has 14 heteroatoms. The highest BCUT2D eigenvalue weighted by Crippen LogP contribution is 2.26. The van der Waals surface area contributed by atoms with Crippen molar-refractivity contribution in [2.24, 2.45) is 0 Å². The van der Waals surface area contributed by atoms with E-state index >= 15 is 0 Å². The summed E-state index contributed by atoms with van der Waals surface area (Å²) in [5.74, 6) is -0.432. The number of carbonyl (C=O) groups excluding carboxylic acids is 1. The zero-order valence-corrected chi connectivity index (χ0v) is 40.1. The summed E-state index contributed by atoms with van der Waals surface area (Å²) in [5, 5.41) is 72.0. The Kier molecular flexibility index (Phi) is 35.2. The number of hydrogen-bond acceptors (Lipinski definition) is 14. The van der Waals surface area contributed by atoms with Gasteiger partial charge in [-0.3, -0.25) is 4.79 Å². The molecule has 2 rings (SSSR count). The van der Waals surface area contributed by atoms with Gasteiger partial charge in [0.15, 0.2) is 12.6 Å². The van der Waals surface area contributed by atoms with E-state index in [4.69, 9.17) is 28.4 Å². The van der Waals surface area contributed by atoms with Crippen molar-refractivity contribution in [3.05, 3.63) is 109 Å². The van der Waals surface area contributed by atoms with E-state index in [9.17, 15) is 40.5 Å². The number of allylic oxidation sites excluding steroid dienone is 18. The minimum atomic E-state index is -1.73. The molecule has 67 heavy (non-hydrogen) atoms. The molecule has 2 saturated heterocycles. The van der Waals surface area contributed by atoms with Crippen molar-refractivity contribution in [3.63, 3.8) is 0 Å². The van der Waals surface area contributed by atoms with Crippen LogP contribution in [0.25, 0.3) is 0 Å². The molecule has 2 aliphatic heterocycles. The second kappa shape index (κ2) is 39.5. The molecule has 380 valence electrons. The maximum atomic E-state index is 13.0. The first-order chi connectivity index (χ1) is 32.6. The molecule has 0 aromatic rings. The molecule has 2 heterocycles. The van der Waals surface area contributed by atoms with E-state index in [1.807, 2.05) is 0 Å². The fourth-order valence-corrected chi connectivity index (χ4v) is 6.84. The Bertz CT molecular complexity index is 1520. The Morgan fingerprint density at radius 2 is 0.925 bits per heavy atom. The lowest BCUT2D eigenvalue weighted by Gasteiger charge is -2.42. The average molecular weight is 945 g/mol. The fourth-order valence-electron chi connectivity index (χ4n) is 6.84. The molecule has 0 amide bonds. The average Bonchev–Trinajstić information content (AvgIpc) is 3.32. The van der Waals surface area contributed by atoms with Crippen LogP contribution in [-0.2, 0) is 33.2 Å². The van der Waals surface area contributed by atoms with Gasteiger partial charge in [-0.2, -0.15) is 0 Å². The number of unbranched alkanes of at least 4 members (excludes halogenated alkanes) is 4. The molecular formula is C53H84O14. The molecule has 0 bridgehead atoms. The molecule has 0 radical (unpaired) electrons. The molecule has 0 aromatic heterocycles. The maximum Gasteiger partial charge on any atom is 0.306 e. The van der Waals surface area contributed by atoms with Gasteiger partial charge in [0.1, 0.15) is 54.9 Å². The van der Waals surface area contributed by atoms with Crippen molar-refractivity contribution in [1.29, 1.82) is 0 Å². The molecule has 0 spiro atoms. The standard InChI is InChI=1S/C53H84O14/c1-3-5-7-9-11-13-15-17-19-20-21-22-23-24-26-28-30-32-34-36-45(55)65-42(39-62-37-35-33-31-29-27-25-18-16-14-12-10-8-6-4-2)40-63-52-51(61)49(59)47(57)44(67-52)41-64-53-50(60)48(58)46(56)43(38-54)66-53/h5-8,11-14,17-19,21-22,24-26,29,31,42-44,46-54,56-61H,3-4,9-10,15-16,20,23,27-28,30,32-41H2,1-2H3/b7-5-,8-6-,13-11-,14-12-,19-17-,22-21-,25-18-,26-24-,31-29-. The van der Waals surface area contributed by atoms with Crippen LogP contribution in [0.2, 0.25) is 0 Å². The Hall–Kier alpha value is -3.35. The molecule has 0 saturated carbocycles. The summed E-state index contributed by atoms with van der Waals surface area (Å²) in [5.41, 5.74) is 0. The van der Waals surface area contributed by atoms with Crippen LogP contribution >= 0.6 is 0 Å². The normalized spacial score (nSPS) is 27.1. The first-order valence-electron chi connectivity index (χ1n) is 24.5. The number of aliphatic hydroxyl groups excluding tert-OH is 7. The summed E-state index contributed by atoms with van der Waals surface area (Å²) in [7, 11) is 0. The first kappa shape index (κ1) is 59.8. The highest BCUT2D eigenvalue weighted by Gasteiger charge is 2.47. The molecule has 0 aliphatic carbocycles. The number of rotatable bonds is 36. The minimum Gasteiger partial charge on any atom is -0.457 e. The van der Waals surface area contributed by atoms with Gasteiger partial charge in [-0.15, -0.1) is 0 Å². The van der Waals surface area contributed by atoms with Gasteiger partial charge in [0, 0.05) is 13.0 Å². The van der Waals surface area contributed by atoms with Crippen molar-refractivity contribution in [1.82, 2.24) is 0 Å². The van der Waals surface area contributed by atoms with Gasteiger partial charge in [-0.1, -0.05) is 130 Å². The molecule has 14 nitrogen and oxygen atoms in total. The van der Waals surface area contributed by atoms with Crippen molar-refractivity contribution in [2.75, 3.05) is 33.0 Å². The number of carbonyl (C=O) groups is 1. The van der Waals surface area contributed by atoms with E-state index in [2.05, 4.69) is 123 Å². The first-order valence-corrected chi connectivity index (χ1v) is 24.5. The predicted molar refractivity (Wildman–Crippen MR) is 261 cm³/mol. The molecule has 11 atom stereocenters. The van der Waals surface area contributed by atoms with E-state index in [0.717, 1.165) is 89.9 Å². The molecule has 2 fully saturated rings. The van der Waals surface area contributed by atoms with Crippen LogP contribution in [0.4, 0.5) is 0 Å². The van der Waals surface area contributed by atoms with Crippen molar-refractivity contribution >= 4 is 5.97 Å². The maximum absolute atomic E-state index is 13.0. The number of hydrogen-bond donors (Lipinski definition) is 7. The lowest BCUT2D eigenvalue weighted by Crippen LogP contribution is -2.61. The Labute approximate surface area is 400 Å². The largest absolute Gasteiger partial charge is 0.457 e. The van der Waals surface area contributed by atoms with Crippen molar-refractivity contribution in [3.8, 4) is 0 Å². The summed E-state index contributed by atoms with van der Waals surface area (Å²) in [4.78, 5) is 13.0. The minimum absolute atomic E-state index is 0.00165. The summed E-state index contributed by atoms with van der Waals surface area (Å²) in [6.45, 7) is 3.21. The van der Waals surface area contributed by atoms with Crippen molar-refractivity contribution < 1.29 is 69.0 Å². The Morgan fingerprint density at radius 3 is 1.42 bits per heavy atom. The monoisotopic (exact) mass is 945 g/mol. The van der Waals surface area contributed by atoms with Crippen LogP contribution in [0, 0.1) is 0 Å². The van der Waals surface area contributed by atoms with Crippen molar-refractivity contribution in [2.45, 2.75) is 184 Å². The Balaban J connectivity index is 1.83. The highest BCUT2D eigenvalue weighted by atomic mass is 16.7. The third kappa shape index (κ3) is 27.4. The van der Waals surface area contributed by atoms with Crippen LogP contribution < -0.4 is 0 Å². The lowest BCUT2D eigenvalue weighted by atomic mass is 9.98. The van der Waals surface area contributed by atoms with E-state index in [1.165, 1.54) is 0 Å². The summed E-state index contributed by atoms with van der Waals surface area (Å²) in [6.07, 6.45) is 35.9. The topological polar surface area (TPSA) is 214 Å². The van der Waals surface area contributed by atoms with Gasteiger partial charge < -0.3 is 64.2 Å². The van der Waals surface area contributed by atoms with E-state index < -0.39 is 86.7 Å². The highest BCUT2D eigenvalue weighted by molar-refractivity contribution is 5.69. The summed E-state index contributed by atoms with van der Waals surface area (Å²) >= 11 is 0. The Morgan fingerprint density at radius 1 is 0.493 bits per heavy atom. The van der Waals surface area contributed by atoms with Gasteiger partial charge in [0.2, 0.25) is 0 Å². The lowest BCUT2D eigenvalue weighted by molar-refractivity contribution is -0.332. The molecule has 7 N–H and O–H groups in total. The zero-order valence-electron chi connectivity index (χ0n) is 40.1. The van der Waals surface area contributed by atoms with Crippen LogP contribution in [0.15, 0.2) is 109 Å². The van der Waals surface area contributed by atoms with Crippen LogP contribution in [0.3, 0.4) is 0 Å². The molecular weight excluding hydrogens is 861 g/mol. The smallest absolute Gasteiger partial charge is 0.306 e. The summed E-state index contributed by atoms with van der Waals surface area (Å²) < 4.78 is 34.1. The SMILES string of the molecule is CC/C=C\C/C=C\C/C=C\C/C=C\C/C=C\CCCCCC(=O)OC(COCCC/C=C\C/C=C\C/C=C\C/C=C\CC)COC1OC(COC2OC(CO)C(O)C(O)C2O)C(O)C(O)C1O. The second-order valence-corrected chi connectivity index (χ2v) is 16.5. The van der Waals surface area contributed by atoms with Gasteiger partial charge >= 0.3 is 5.97 Å².